The van der Waals surface area contributed by atoms with Gasteiger partial charge in [0.05, 0.1) is 23.6 Å². The minimum absolute atomic E-state index is 0.0849. The maximum atomic E-state index is 14.0. The second kappa shape index (κ2) is 10.8. The molecular weight excluding hydrogens is 575 g/mol. The fourth-order valence-electron chi connectivity index (χ4n) is 4.90. The number of aromatic nitrogens is 7. The molecule has 4 aromatic rings. The van der Waals surface area contributed by atoms with Crippen LogP contribution < -0.4 is 0 Å². The number of thiazole rings is 1. The number of alkyl halides is 3. The molecule has 5 rings (SSSR count). The van der Waals surface area contributed by atoms with Gasteiger partial charge in [-0.3, -0.25) is 4.57 Å². The van der Waals surface area contributed by atoms with E-state index in [-0.39, 0.29) is 22.5 Å². The van der Waals surface area contributed by atoms with E-state index in [9.17, 15) is 23.4 Å². The molecule has 1 aliphatic rings. The Hall–Kier alpha value is -2.95. The van der Waals surface area contributed by atoms with E-state index in [0.717, 1.165) is 6.07 Å². The second-order valence-electron chi connectivity index (χ2n) is 9.46. The molecule has 40 heavy (non-hydrogen) atoms. The van der Waals surface area contributed by atoms with Crippen LogP contribution in [0, 0.1) is 13.8 Å². The number of aliphatic hydroxyl groups excluding tert-OH is 2. The predicted octanol–water partition coefficient (Wildman–Crippen LogP) is 3.71. The number of nitrogens with zero attached hydrogens (tertiary/aromatic N) is 7. The first-order chi connectivity index (χ1) is 18.9. The highest BCUT2D eigenvalue weighted by molar-refractivity contribution is 7.13. The van der Waals surface area contributed by atoms with Crippen molar-refractivity contribution in [2.24, 2.45) is 0 Å². The molecule has 214 valence electrons. The summed E-state index contributed by atoms with van der Waals surface area (Å²) in [6.45, 7) is 4.64. The first-order valence-electron chi connectivity index (χ1n) is 12.1. The number of ether oxygens (including phenoxy) is 2. The summed E-state index contributed by atoms with van der Waals surface area (Å²) in [5, 5.41) is 41.1. The third kappa shape index (κ3) is 5.12. The minimum Gasteiger partial charge on any atom is -0.391 e. The van der Waals surface area contributed by atoms with Crippen LogP contribution in [0.5, 0.6) is 0 Å². The van der Waals surface area contributed by atoms with Crippen molar-refractivity contribution in [3.05, 3.63) is 57.7 Å². The molecule has 0 bridgehead atoms. The maximum Gasteiger partial charge on any atom is 0.418 e. The van der Waals surface area contributed by atoms with E-state index in [1.54, 1.807) is 12.3 Å². The van der Waals surface area contributed by atoms with Crippen LogP contribution in [-0.2, 0) is 15.7 Å². The molecular formula is C24H25ClF3N7O4S. The Kier molecular flexibility index (Phi) is 7.71. The summed E-state index contributed by atoms with van der Waals surface area (Å²) in [5.74, 6) is 0.0583. The average Bonchev–Trinajstić information content (AvgIpc) is 3.62. The second-order valence-corrected chi connectivity index (χ2v) is 10.7. The number of methoxy groups -OCH3 is 1. The predicted molar refractivity (Wildman–Crippen MR) is 137 cm³/mol. The van der Waals surface area contributed by atoms with Gasteiger partial charge in [0, 0.05) is 12.5 Å². The third-order valence-corrected chi connectivity index (χ3v) is 7.87. The van der Waals surface area contributed by atoms with Crippen molar-refractivity contribution in [1.82, 2.24) is 34.7 Å². The largest absolute Gasteiger partial charge is 0.418 e. The van der Waals surface area contributed by atoms with E-state index in [1.807, 2.05) is 0 Å². The standard InChI is InChI=1S/C24H25ClF3N7O4S/c1-10-5-6-13(24(26,27)28)15(7-10)35-12(3)30-32-22(35)21-18(37)17(20(38-4)19(39-21)11(2)36)34-8-14(31-33-34)23-29-16(25)9-40-23/h5-9,11,17-21,36-37H,1-4H3/t11?,17?,18?,19?,20-,21-/m1/s1. The number of hydrogen-bond acceptors (Lipinski definition) is 10. The van der Waals surface area contributed by atoms with Gasteiger partial charge in [0.1, 0.15) is 52.1 Å². The molecule has 0 amide bonds. The van der Waals surface area contributed by atoms with E-state index in [1.165, 1.54) is 59.9 Å². The van der Waals surface area contributed by atoms with Gasteiger partial charge in [-0.15, -0.1) is 26.6 Å². The molecule has 0 radical (unpaired) electrons. The molecule has 4 unspecified atom stereocenters. The summed E-state index contributed by atoms with van der Waals surface area (Å²) in [4.78, 5) is 4.18. The fourth-order valence-corrected chi connectivity index (χ4v) is 5.79. The van der Waals surface area contributed by atoms with Gasteiger partial charge in [-0.25, -0.2) is 9.67 Å². The van der Waals surface area contributed by atoms with Gasteiger partial charge >= 0.3 is 6.18 Å². The Balaban J connectivity index is 1.63. The van der Waals surface area contributed by atoms with Crippen molar-refractivity contribution in [1.29, 1.82) is 0 Å². The van der Waals surface area contributed by atoms with Gasteiger partial charge in [0.15, 0.2) is 5.82 Å². The van der Waals surface area contributed by atoms with Crippen molar-refractivity contribution in [3.63, 3.8) is 0 Å². The molecule has 0 spiro atoms. The van der Waals surface area contributed by atoms with Crippen LogP contribution in [0.15, 0.2) is 29.8 Å². The molecule has 0 aliphatic carbocycles. The summed E-state index contributed by atoms with van der Waals surface area (Å²) in [6.07, 6.45) is -9.00. The molecule has 1 saturated heterocycles. The highest BCUT2D eigenvalue weighted by Crippen LogP contribution is 2.42. The number of halogens is 4. The van der Waals surface area contributed by atoms with Gasteiger partial charge in [-0.2, -0.15) is 13.2 Å². The first kappa shape index (κ1) is 28.6. The molecule has 11 nitrogen and oxygen atoms in total. The maximum absolute atomic E-state index is 14.0. The lowest BCUT2D eigenvalue weighted by Crippen LogP contribution is -2.56. The molecule has 0 saturated carbocycles. The Bertz CT molecular complexity index is 1510. The molecule has 1 fully saturated rings. The number of rotatable bonds is 6. The zero-order valence-corrected chi connectivity index (χ0v) is 23.2. The van der Waals surface area contributed by atoms with Crippen molar-refractivity contribution < 1.29 is 32.9 Å². The molecule has 1 aliphatic heterocycles. The van der Waals surface area contributed by atoms with Crippen LogP contribution >= 0.6 is 22.9 Å². The van der Waals surface area contributed by atoms with Crippen molar-refractivity contribution in [2.75, 3.05) is 7.11 Å². The number of aryl methyl sites for hydroxylation is 2. The van der Waals surface area contributed by atoms with E-state index in [2.05, 4.69) is 25.5 Å². The summed E-state index contributed by atoms with van der Waals surface area (Å²) in [7, 11) is 1.39. The van der Waals surface area contributed by atoms with Crippen molar-refractivity contribution >= 4 is 22.9 Å². The highest BCUT2D eigenvalue weighted by Gasteiger charge is 2.51. The Labute approximate surface area is 235 Å². The molecule has 6 atom stereocenters. The summed E-state index contributed by atoms with van der Waals surface area (Å²) in [6, 6.07) is 2.71. The summed E-state index contributed by atoms with van der Waals surface area (Å²) >= 11 is 7.19. The minimum atomic E-state index is -4.68. The fraction of sp³-hybridized carbons (Fsp3) is 0.458. The zero-order chi connectivity index (χ0) is 28.9. The van der Waals surface area contributed by atoms with Gasteiger partial charge in [0.2, 0.25) is 0 Å². The lowest BCUT2D eigenvalue weighted by atomic mass is 9.89. The molecule has 3 aromatic heterocycles. The highest BCUT2D eigenvalue weighted by atomic mass is 35.5. The topological polar surface area (TPSA) is 133 Å². The van der Waals surface area contributed by atoms with Crippen LogP contribution in [0.3, 0.4) is 0 Å². The summed E-state index contributed by atoms with van der Waals surface area (Å²) < 4.78 is 56.4. The van der Waals surface area contributed by atoms with Gasteiger partial charge in [0.25, 0.3) is 0 Å². The number of hydrogen-bond donors (Lipinski definition) is 2. The van der Waals surface area contributed by atoms with E-state index in [4.69, 9.17) is 21.1 Å². The molecule has 4 heterocycles. The Morgan fingerprint density at radius 3 is 2.58 bits per heavy atom. The van der Waals surface area contributed by atoms with Gasteiger partial charge < -0.3 is 19.7 Å². The Morgan fingerprint density at radius 1 is 1.20 bits per heavy atom. The lowest BCUT2D eigenvalue weighted by Gasteiger charge is -2.44. The van der Waals surface area contributed by atoms with Crippen LogP contribution in [-0.4, -0.2) is 76.5 Å². The zero-order valence-electron chi connectivity index (χ0n) is 21.6. The quantitative estimate of drug-likeness (QED) is 0.340. The van der Waals surface area contributed by atoms with Gasteiger partial charge in [-0.05, 0) is 38.5 Å². The Morgan fingerprint density at radius 2 is 1.95 bits per heavy atom. The normalized spacial score (nSPS) is 24.4. The first-order valence-corrected chi connectivity index (χ1v) is 13.3. The lowest BCUT2D eigenvalue weighted by molar-refractivity contribution is -0.231. The monoisotopic (exact) mass is 599 g/mol. The van der Waals surface area contributed by atoms with Gasteiger partial charge in [-0.1, -0.05) is 22.9 Å². The van der Waals surface area contributed by atoms with E-state index < -0.39 is 48.3 Å². The van der Waals surface area contributed by atoms with Crippen molar-refractivity contribution in [3.8, 4) is 16.4 Å². The van der Waals surface area contributed by atoms with Crippen LogP contribution in [0.2, 0.25) is 5.15 Å². The average molecular weight is 600 g/mol. The molecule has 16 heteroatoms. The molecule has 2 N–H and O–H groups in total. The number of aliphatic hydroxyl groups is 2. The third-order valence-electron chi connectivity index (χ3n) is 6.69. The van der Waals surface area contributed by atoms with Crippen LogP contribution in [0.25, 0.3) is 16.4 Å². The van der Waals surface area contributed by atoms with Crippen LogP contribution in [0.1, 0.15) is 41.8 Å². The van der Waals surface area contributed by atoms with Crippen LogP contribution in [0.4, 0.5) is 13.2 Å². The molecule has 1 aromatic carbocycles. The smallest absolute Gasteiger partial charge is 0.391 e. The van der Waals surface area contributed by atoms with E-state index >= 15 is 0 Å². The SMILES string of the molecule is CO[C@H]1C(C(C)O)O[C@@H](c2nnc(C)n2-c2cc(C)ccc2C(F)(F)F)C(O)C1n1cc(-c2nc(Cl)cs2)nn1. The number of benzene rings is 1. The van der Waals surface area contributed by atoms with E-state index in [0.29, 0.717) is 16.3 Å². The van der Waals surface area contributed by atoms with Crippen molar-refractivity contribution in [2.45, 2.75) is 63.5 Å². The summed E-state index contributed by atoms with van der Waals surface area (Å²) in [5.41, 5.74) is -0.176.